The van der Waals surface area contributed by atoms with Gasteiger partial charge in [-0.3, -0.25) is 0 Å². The highest BCUT2D eigenvalue weighted by Gasteiger charge is 2.47. The van der Waals surface area contributed by atoms with Gasteiger partial charge in [0.2, 0.25) is 0 Å². The molecule has 94 valence electrons. The quantitative estimate of drug-likeness (QED) is 0.867. The first-order valence-electron chi connectivity index (χ1n) is 6.55. The third-order valence-corrected chi connectivity index (χ3v) is 4.35. The van der Waals surface area contributed by atoms with E-state index in [4.69, 9.17) is 4.74 Å². The molecule has 1 heterocycles. The molecule has 2 unspecified atom stereocenters. The fourth-order valence-corrected chi connectivity index (χ4v) is 2.92. The van der Waals surface area contributed by atoms with E-state index in [-0.39, 0.29) is 5.92 Å². The van der Waals surface area contributed by atoms with E-state index in [1.807, 2.05) is 24.3 Å². The normalized spacial score (nSPS) is 28.4. The Balaban J connectivity index is 1.88. The summed E-state index contributed by atoms with van der Waals surface area (Å²) in [5, 5.41) is 20.0. The van der Waals surface area contributed by atoms with Crippen molar-refractivity contribution in [1.29, 1.82) is 5.26 Å². The van der Waals surface area contributed by atoms with Crippen LogP contribution in [0.25, 0.3) is 0 Å². The zero-order valence-electron chi connectivity index (χ0n) is 10.3. The number of aliphatic hydroxyl groups excluding tert-OH is 1. The number of rotatable bonds is 2. The van der Waals surface area contributed by atoms with Crippen LogP contribution in [0.15, 0.2) is 24.3 Å². The van der Waals surface area contributed by atoms with E-state index >= 15 is 0 Å². The van der Waals surface area contributed by atoms with Gasteiger partial charge in [-0.05, 0) is 30.4 Å². The van der Waals surface area contributed by atoms with Gasteiger partial charge < -0.3 is 9.84 Å². The van der Waals surface area contributed by atoms with Crippen molar-refractivity contribution in [2.24, 2.45) is 11.3 Å². The minimum Gasteiger partial charge on any atom is -0.492 e. The van der Waals surface area contributed by atoms with E-state index in [2.05, 4.69) is 6.07 Å². The Labute approximate surface area is 107 Å². The Morgan fingerprint density at radius 3 is 2.83 bits per heavy atom. The molecule has 2 aliphatic rings. The van der Waals surface area contributed by atoms with Gasteiger partial charge in [0.1, 0.15) is 17.8 Å². The Kier molecular flexibility index (Phi) is 2.76. The number of ether oxygens (including phenoxy) is 1. The monoisotopic (exact) mass is 243 g/mol. The Bertz CT molecular complexity index is 490. The van der Waals surface area contributed by atoms with Crippen LogP contribution in [0, 0.1) is 22.7 Å². The average molecular weight is 243 g/mol. The first kappa shape index (κ1) is 11.6. The van der Waals surface area contributed by atoms with Gasteiger partial charge in [-0.2, -0.15) is 5.26 Å². The maximum Gasteiger partial charge on any atom is 0.122 e. The summed E-state index contributed by atoms with van der Waals surface area (Å²) in [7, 11) is 0. The molecular weight excluding hydrogens is 226 g/mol. The van der Waals surface area contributed by atoms with Gasteiger partial charge >= 0.3 is 0 Å². The molecule has 3 nitrogen and oxygen atoms in total. The van der Waals surface area contributed by atoms with Crippen LogP contribution < -0.4 is 4.74 Å². The fraction of sp³-hybridized carbons (Fsp3) is 0.533. The molecule has 2 atom stereocenters. The van der Waals surface area contributed by atoms with E-state index in [0.717, 1.165) is 24.2 Å². The smallest absolute Gasteiger partial charge is 0.122 e. The van der Waals surface area contributed by atoms with Crippen LogP contribution in [0.2, 0.25) is 0 Å². The zero-order valence-corrected chi connectivity index (χ0v) is 10.3. The number of hydrogen-bond acceptors (Lipinski definition) is 3. The van der Waals surface area contributed by atoms with E-state index < -0.39 is 11.5 Å². The topological polar surface area (TPSA) is 53.2 Å². The minimum absolute atomic E-state index is 0.276. The molecule has 1 fully saturated rings. The summed E-state index contributed by atoms with van der Waals surface area (Å²) in [6, 6.07) is 10.1. The third kappa shape index (κ3) is 1.69. The van der Waals surface area contributed by atoms with Crippen molar-refractivity contribution in [3.63, 3.8) is 0 Å². The molecule has 18 heavy (non-hydrogen) atoms. The maximum absolute atomic E-state index is 10.5. The molecule has 0 bridgehead atoms. The molecule has 3 rings (SSSR count). The molecule has 3 heteroatoms. The number of fused-ring (bicyclic) bond motifs is 1. The number of para-hydroxylation sites is 1. The average Bonchev–Trinajstić information content (AvgIpc) is 2.36. The van der Waals surface area contributed by atoms with Crippen LogP contribution in [-0.2, 0) is 6.42 Å². The third-order valence-electron chi connectivity index (χ3n) is 4.35. The summed E-state index contributed by atoms with van der Waals surface area (Å²) in [5.41, 5.74) is 0.267. The largest absolute Gasteiger partial charge is 0.492 e. The summed E-state index contributed by atoms with van der Waals surface area (Å²) in [6.45, 7) is 0.304. The molecule has 1 saturated carbocycles. The number of nitrogens with zero attached hydrogens (tertiary/aromatic N) is 1. The van der Waals surface area contributed by atoms with E-state index in [0.29, 0.717) is 13.0 Å². The van der Waals surface area contributed by atoms with Gasteiger partial charge in [-0.25, -0.2) is 0 Å². The number of aliphatic hydroxyl groups is 1. The molecule has 0 saturated heterocycles. The van der Waals surface area contributed by atoms with Gasteiger partial charge in [0.15, 0.2) is 0 Å². The zero-order chi connectivity index (χ0) is 12.6. The summed E-state index contributed by atoms with van der Waals surface area (Å²) < 4.78 is 5.69. The summed E-state index contributed by atoms with van der Waals surface area (Å²) in [5.74, 6) is 1.13. The first-order valence-corrected chi connectivity index (χ1v) is 6.55. The second-order valence-electron chi connectivity index (χ2n) is 5.48. The lowest BCUT2D eigenvalue weighted by Crippen LogP contribution is -2.48. The highest BCUT2D eigenvalue weighted by Crippen LogP contribution is 2.43. The van der Waals surface area contributed by atoms with Gasteiger partial charge in [-0.15, -0.1) is 0 Å². The van der Waals surface area contributed by atoms with Crippen LogP contribution in [0.5, 0.6) is 5.75 Å². The molecule has 1 aliphatic carbocycles. The van der Waals surface area contributed by atoms with E-state index in [9.17, 15) is 10.4 Å². The molecular formula is C15H17NO2. The summed E-state index contributed by atoms with van der Waals surface area (Å²) in [6.07, 6.45) is 3.26. The van der Waals surface area contributed by atoms with Crippen molar-refractivity contribution < 1.29 is 9.84 Å². The standard InChI is InChI=1S/C15H17NO2/c16-9-15(14(17)11-5-3-6-11)8-12-4-1-2-7-13(12)18-10-15/h1-2,4,7,11,14,17H,3,5-6,8,10H2. The predicted molar refractivity (Wildman–Crippen MR) is 67.0 cm³/mol. The van der Waals surface area contributed by atoms with Crippen LogP contribution in [0.4, 0.5) is 0 Å². The van der Waals surface area contributed by atoms with Crippen LogP contribution in [0.1, 0.15) is 24.8 Å². The molecule has 0 aromatic heterocycles. The van der Waals surface area contributed by atoms with Gasteiger partial charge in [0.05, 0.1) is 12.2 Å². The van der Waals surface area contributed by atoms with Crippen molar-refractivity contribution in [3.05, 3.63) is 29.8 Å². The molecule has 1 aliphatic heterocycles. The molecule has 0 spiro atoms. The number of benzene rings is 1. The maximum atomic E-state index is 10.5. The van der Waals surface area contributed by atoms with Crippen LogP contribution >= 0.6 is 0 Å². The highest BCUT2D eigenvalue weighted by atomic mass is 16.5. The van der Waals surface area contributed by atoms with Gasteiger partial charge in [-0.1, -0.05) is 24.6 Å². The fourth-order valence-electron chi connectivity index (χ4n) is 2.92. The van der Waals surface area contributed by atoms with Gasteiger partial charge in [0.25, 0.3) is 0 Å². The second kappa shape index (κ2) is 4.29. The summed E-state index contributed by atoms with van der Waals surface area (Å²) >= 11 is 0. The Hall–Kier alpha value is -1.53. The lowest BCUT2D eigenvalue weighted by molar-refractivity contribution is -0.0428. The Morgan fingerprint density at radius 2 is 2.17 bits per heavy atom. The molecule has 0 radical (unpaired) electrons. The van der Waals surface area contributed by atoms with Crippen LogP contribution in [-0.4, -0.2) is 17.8 Å². The Morgan fingerprint density at radius 1 is 1.39 bits per heavy atom. The van der Waals surface area contributed by atoms with E-state index in [1.54, 1.807) is 0 Å². The summed E-state index contributed by atoms with van der Waals surface area (Å²) in [4.78, 5) is 0. The molecule has 1 aromatic carbocycles. The van der Waals surface area contributed by atoms with Crippen molar-refractivity contribution in [2.75, 3.05) is 6.61 Å². The number of hydrogen-bond donors (Lipinski definition) is 1. The minimum atomic E-state index is -0.764. The molecule has 0 amide bonds. The van der Waals surface area contributed by atoms with Crippen LogP contribution in [0.3, 0.4) is 0 Å². The van der Waals surface area contributed by atoms with Gasteiger partial charge in [0, 0.05) is 6.42 Å². The van der Waals surface area contributed by atoms with Crippen molar-refractivity contribution >= 4 is 0 Å². The van der Waals surface area contributed by atoms with Crippen molar-refractivity contribution in [1.82, 2.24) is 0 Å². The lowest BCUT2D eigenvalue weighted by Gasteiger charge is -2.42. The molecule has 1 aromatic rings. The SMILES string of the molecule is N#CC1(C(O)C2CCC2)COc2ccccc2C1. The lowest BCUT2D eigenvalue weighted by atomic mass is 9.67. The predicted octanol–water partition coefficient (Wildman–Crippen LogP) is 2.29. The van der Waals surface area contributed by atoms with E-state index in [1.165, 1.54) is 6.42 Å². The number of nitriles is 1. The second-order valence-corrected chi connectivity index (χ2v) is 5.48. The first-order chi connectivity index (χ1) is 8.75. The highest BCUT2D eigenvalue weighted by molar-refractivity contribution is 5.38. The molecule has 1 N–H and O–H groups in total. The van der Waals surface area contributed by atoms with Crippen molar-refractivity contribution in [2.45, 2.75) is 31.8 Å². The van der Waals surface area contributed by atoms with Crippen molar-refractivity contribution in [3.8, 4) is 11.8 Å².